The maximum absolute atomic E-state index is 12.5. The molecule has 3 aliphatic heterocycles. The number of thiophene rings is 2. The molecule has 0 spiro atoms. The Morgan fingerprint density at radius 1 is 1.19 bits per heavy atom. The van der Waals surface area contributed by atoms with E-state index in [0.29, 0.717) is 12.0 Å². The minimum atomic E-state index is 0.0987. The third-order valence-electron chi connectivity index (χ3n) is 4.57. The lowest BCUT2D eigenvalue weighted by atomic mass is 9.84. The van der Waals surface area contributed by atoms with Crippen molar-refractivity contribution >= 4 is 28.6 Å². The molecular weight excluding hydrogens is 300 g/mol. The second-order valence-corrected chi connectivity index (χ2v) is 7.89. The molecule has 3 saturated heterocycles. The van der Waals surface area contributed by atoms with Gasteiger partial charge in [0.1, 0.15) is 0 Å². The van der Waals surface area contributed by atoms with Crippen LogP contribution in [-0.2, 0) is 0 Å². The van der Waals surface area contributed by atoms with Crippen molar-refractivity contribution in [3.8, 4) is 9.75 Å². The first-order chi connectivity index (χ1) is 10.3. The summed E-state index contributed by atoms with van der Waals surface area (Å²) in [6, 6.07) is 8.50. The molecular formula is C16H18N2OS2. The highest BCUT2D eigenvalue weighted by molar-refractivity contribution is 7.22. The van der Waals surface area contributed by atoms with Crippen LogP contribution in [0.3, 0.4) is 0 Å². The molecule has 0 saturated carbocycles. The van der Waals surface area contributed by atoms with E-state index in [9.17, 15) is 4.79 Å². The molecule has 5 heteroatoms. The number of nitrogens with zero attached hydrogens (tertiary/aromatic N) is 1. The Kier molecular flexibility index (Phi) is 3.57. The lowest BCUT2D eigenvalue weighted by Gasteiger charge is -2.44. The minimum Gasteiger partial charge on any atom is -0.347 e. The molecule has 0 radical (unpaired) electrons. The first-order valence-electron chi connectivity index (χ1n) is 7.46. The summed E-state index contributed by atoms with van der Waals surface area (Å²) in [6.07, 6.45) is 2.46. The van der Waals surface area contributed by atoms with E-state index in [0.717, 1.165) is 11.4 Å². The molecule has 2 aromatic heterocycles. The summed E-state index contributed by atoms with van der Waals surface area (Å²) in [5.41, 5.74) is 0. The van der Waals surface area contributed by atoms with Crippen LogP contribution in [0.2, 0.25) is 0 Å². The summed E-state index contributed by atoms with van der Waals surface area (Å²) in [5.74, 6) is 0.775. The van der Waals surface area contributed by atoms with Crippen molar-refractivity contribution in [1.29, 1.82) is 0 Å². The smallest absolute Gasteiger partial charge is 0.261 e. The van der Waals surface area contributed by atoms with Crippen LogP contribution in [0.15, 0.2) is 29.6 Å². The lowest BCUT2D eigenvalue weighted by molar-refractivity contribution is 0.0622. The van der Waals surface area contributed by atoms with Crippen LogP contribution in [-0.4, -0.2) is 36.5 Å². The van der Waals surface area contributed by atoms with E-state index in [1.54, 1.807) is 22.7 Å². The number of piperidine rings is 3. The van der Waals surface area contributed by atoms with E-state index < -0.39 is 0 Å². The molecule has 3 fully saturated rings. The van der Waals surface area contributed by atoms with Gasteiger partial charge in [-0.15, -0.1) is 22.7 Å². The summed E-state index contributed by atoms with van der Waals surface area (Å²) >= 11 is 3.31. The molecule has 3 aliphatic rings. The standard InChI is InChI=1S/C16H18N2OS2/c19-16(17-12-10-18-7-5-11(12)6-8-18)15-4-3-14(21-15)13-2-1-9-20-13/h1-4,9,11-12H,5-8,10H2,(H,17,19). The van der Waals surface area contributed by atoms with Gasteiger partial charge in [0.05, 0.1) is 4.88 Å². The van der Waals surface area contributed by atoms with Gasteiger partial charge in [0.25, 0.3) is 5.91 Å². The van der Waals surface area contributed by atoms with E-state index in [1.165, 1.54) is 35.7 Å². The van der Waals surface area contributed by atoms with E-state index in [2.05, 4.69) is 27.7 Å². The van der Waals surface area contributed by atoms with Crippen molar-refractivity contribution in [2.45, 2.75) is 18.9 Å². The topological polar surface area (TPSA) is 32.3 Å². The lowest BCUT2D eigenvalue weighted by Crippen LogP contribution is -2.57. The zero-order valence-electron chi connectivity index (χ0n) is 11.7. The van der Waals surface area contributed by atoms with Crippen LogP contribution in [0.5, 0.6) is 0 Å². The van der Waals surface area contributed by atoms with Crippen molar-refractivity contribution in [1.82, 2.24) is 10.2 Å². The number of rotatable bonds is 3. The fourth-order valence-corrected chi connectivity index (χ4v) is 5.12. The van der Waals surface area contributed by atoms with Crippen molar-refractivity contribution in [3.05, 3.63) is 34.5 Å². The second kappa shape index (κ2) is 5.55. The maximum atomic E-state index is 12.5. The molecule has 5 rings (SSSR count). The van der Waals surface area contributed by atoms with Gasteiger partial charge in [-0.1, -0.05) is 6.07 Å². The average Bonchev–Trinajstić information content (AvgIpc) is 3.20. The van der Waals surface area contributed by atoms with Gasteiger partial charge in [0, 0.05) is 22.3 Å². The molecule has 3 nitrogen and oxygen atoms in total. The maximum Gasteiger partial charge on any atom is 0.261 e. The van der Waals surface area contributed by atoms with Crippen LogP contribution in [0.25, 0.3) is 9.75 Å². The highest BCUT2D eigenvalue weighted by atomic mass is 32.1. The third kappa shape index (κ3) is 2.65. The van der Waals surface area contributed by atoms with Crippen LogP contribution >= 0.6 is 22.7 Å². The van der Waals surface area contributed by atoms with Gasteiger partial charge in [-0.2, -0.15) is 0 Å². The van der Waals surface area contributed by atoms with E-state index >= 15 is 0 Å². The Morgan fingerprint density at radius 3 is 2.71 bits per heavy atom. The predicted molar refractivity (Wildman–Crippen MR) is 88.1 cm³/mol. The molecule has 1 unspecified atom stereocenters. The summed E-state index contributed by atoms with van der Waals surface area (Å²) in [7, 11) is 0. The number of fused-ring (bicyclic) bond motifs is 3. The van der Waals surface area contributed by atoms with E-state index in [-0.39, 0.29) is 5.91 Å². The second-order valence-electron chi connectivity index (χ2n) is 5.86. The Balaban J connectivity index is 1.46. The SMILES string of the molecule is O=C(NC1CN2CCC1CC2)c1ccc(-c2cccs2)s1. The number of hydrogen-bond acceptors (Lipinski definition) is 4. The summed E-state index contributed by atoms with van der Waals surface area (Å²) in [4.78, 5) is 18.2. The average molecular weight is 318 g/mol. The molecule has 110 valence electrons. The van der Waals surface area contributed by atoms with Crippen LogP contribution in [0, 0.1) is 5.92 Å². The van der Waals surface area contributed by atoms with Gasteiger partial charge in [0.2, 0.25) is 0 Å². The minimum absolute atomic E-state index is 0.0987. The first kappa shape index (κ1) is 13.5. The van der Waals surface area contributed by atoms with Crippen molar-refractivity contribution in [3.63, 3.8) is 0 Å². The molecule has 0 aromatic carbocycles. The fraction of sp³-hybridized carbons (Fsp3) is 0.438. The van der Waals surface area contributed by atoms with Gasteiger partial charge < -0.3 is 10.2 Å². The largest absolute Gasteiger partial charge is 0.347 e. The fourth-order valence-electron chi connectivity index (χ4n) is 3.38. The number of hydrogen-bond donors (Lipinski definition) is 1. The van der Waals surface area contributed by atoms with E-state index in [4.69, 9.17) is 0 Å². The molecule has 21 heavy (non-hydrogen) atoms. The zero-order chi connectivity index (χ0) is 14.2. The predicted octanol–water partition coefficient (Wildman–Crippen LogP) is 3.30. The third-order valence-corrected chi connectivity index (χ3v) is 6.72. The van der Waals surface area contributed by atoms with Gasteiger partial charge >= 0.3 is 0 Å². The number of carbonyl (C=O) groups is 1. The van der Waals surface area contributed by atoms with Crippen molar-refractivity contribution < 1.29 is 4.79 Å². The van der Waals surface area contributed by atoms with Crippen molar-refractivity contribution in [2.75, 3.05) is 19.6 Å². The van der Waals surface area contributed by atoms with Crippen LogP contribution < -0.4 is 5.32 Å². The quantitative estimate of drug-likeness (QED) is 0.942. The monoisotopic (exact) mass is 318 g/mol. The summed E-state index contributed by atoms with van der Waals surface area (Å²) < 4.78 is 0. The Hall–Kier alpha value is -1.17. The van der Waals surface area contributed by atoms with Gasteiger partial charge in [-0.05, 0) is 55.4 Å². The van der Waals surface area contributed by atoms with Crippen LogP contribution in [0.1, 0.15) is 22.5 Å². The van der Waals surface area contributed by atoms with E-state index in [1.807, 2.05) is 12.1 Å². The Morgan fingerprint density at radius 2 is 2.05 bits per heavy atom. The molecule has 5 heterocycles. The number of carbonyl (C=O) groups excluding carboxylic acids is 1. The summed E-state index contributed by atoms with van der Waals surface area (Å²) in [6.45, 7) is 3.44. The van der Waals surface area contributed by atoms with Gasteiger partial charge in [-0.25, -0.2) is 0 Å². The molecule has 1 atom stereocenters. The number of amides is 1. The molecule has 1 N–H and O–H groups in total. The van der Waals surface area contributed by atoms with Crippen molar-refractivity contribution in [2.24, 2.45) is 5.92 Å². The number of nitrogens with one attached hydrogen (secondary N) is 1. The Labute approximate surface area is 132 Å². The zero-order valence-corrected chi connectivity index (χ0v) is 13.4. The molecule has 2 aromatic rings. The van der Waals surface area contributed by atoms with Gasteiger partial charge in [-0.3, -0.25) is 4.79 Å². The molecule has 0 aliphatic carbocycles. The van der Waals surface area contributed by atoms with Gasteiger partial charge in [0.15, 0.2) is 0 Å². The van der Waals surface area contributed by atoms with Crippen LogP contribution in [0.4, 0.5) is 0 Å². The molecule has 2 bridgehead atoms. The highest BCUT2D eigenvalue weighted by Gasteiger charge is 2.35. The summed E-state index contributed by atoms with van der Waals surface area (Å²) in [5, 5.41) is 5.33. The molecule has 1 amide bonds. The first-order valence-corrected chi connectivity index (χ1v) is 9.16. The normalized spacial score (nSPS) is 27.7. The Bertz CT molecular complexity index is 627. The highest BCUT2D eigenvalue weighted by Crippen LogP contribution is 2.32.